The van der Waals surface area contributed by atoms with Gasteiger partial charge in [-0.15, -0.1) is 0 Å². The van der Waals surface area contributed by atoms with Crippen molar-refractivity contribution in [2.75, 3.05) is 27.9 Å². The van der Waals surface area contributed by atoms with Gasteiger partial charge in [-0.05, 0) is 0 Å². The molecule has 0 aliphatic carbocycles. The Hall–Kier alpha value is -3.35. The zero-order chi connectivity index (χ0) is 23.6. The molecule has 4 unspecified atom stereocenters. The van der Waals surface area contributed by atoms with Crippen LogP contribution in [0.1, 0.15) is 10.4 Å². The molecule has 0 spiro atoms. The first-order valence-corrected chi connectivity index (χ1v) is 9.36. The maximum Gasteiger partial charge on any atom is 0.345 e. The minimum atomic E-state index is -1.51. The van der Waals surface area contributed by atoms with Crippen LogP contribution >= 0.6 is 0 Å². The number of amides is 1. The molecule has 1 amide bonds. The van der Waals surface area contributed by atoms with E-state index in [4.69, 9.17) is 23.7 Å². The molecule has 0 bridgehead atoms. The predicted molar refractivity (Wildman–Crippen MR) is 105 cm³/mol. The highest BCUT2D eigenvalue weighted by Crippen LogP contribution is 2.35. The molecule has 11 nitrogen and oxygen atoms in total. The minimum Gasteiger partial charge on any atom is -0.496 e. The van der Waals surface area contributed by atoms with Gasteiger partial charge in [-0.25, -0.2) is 4.79 Å². The van der Waals surface area contributed by atoms with Crippen molar-refractivity contribution < 1.29 is 47.9 Å². The van der Waals surface area contributed by atoms with E-state index >= 15 is 0 Å². The highest BCUT2D eigenvalue weighted by Gasteiger charge is 2.47. The standard InChI is InChI=1S/C20H23FN2O9/c1-9-22-18(26)11(21)7-23(9)19-17(25)16(24)14(32-19)8-31-20(27)15-12(29-3)5-10(28-2)6-13(15)30-4/h5-7,14,16-17,19,24-25H,1,8H2,2-4H3,(H,22,26). The summed E-state index contributed by atoms with van der Waals surface area (Å²) in [6.07, 6.45) is -4.63. The fourth-order valence-electron chi connectivity index (χ4n) is 3.27. The second-order valence-electron chi connectivity index (χ2n) is 6.84. The Morgan fingerprint density at radius 2 is 1.81 bits per heavy atom. The Morgan fingerprint density at radius 1 is 1.19 bits per heavy atom. The second kappa shape index (κ2) is 9.42. The molecule has 1 fully saturated rings. The number of esters is 1. The zero-order valence-corrected chi connectivity index (χ0v) is 17.5. The molecule has 2 aliphatic heterocycles. The molecule has 1 aromatic rings. The number of hydrogen-bond acceptors (Lipinski definition) is 10. The highest BCUT2D eigenvalue weighted by molar-refractivity contribution is 5.96. The molecule has 3 N–H and O–H groups in total. The first kappa shape index (κ1) is 23.3. The molecular weight excluding hydrogens is 431 g/mol. The molecule has 1 saturated heterocycles. The quantitative estimate of drug-likeness (QED) is 0.484. The number of carbonyl (C=O) groups is 2. The van der Waals surface area contributed by atoms with Crippen molar-refractivity contribution in [2.45, 2.75) is 24.5 Å². The van der Waals surface area contributed by atoms with Gasteiger partial charge in [0, 0.05) is 18.3 Å². The van der Waals surface area contributed by atoms with Crippen molar-refractivity contribution >= 4 is 11.9 Å². The topological polar surface area (TPSA) is 136 Å². The van der Waals surface area contributed by atoms with Crippen LogP contribution in [-0.2, 0) is 14.3 Å². The van der Waals surface area contributed by atoms with Crippen LogP contribution in [0.2, 0.25) is 0 Å². The summed E-state index contributed by atoms with van der Waals surface area (Å²) in [5, 5.41) is 22.8. The van der Waals surface area contributed by atoms with E-state index in [1.54, 1.807) is 0 Å². The maximum atomic E-state index is 13.7. The van der Waals surface area contributed by atoms with Crippen LogP contribution in [0.3, 0.4) is 0 Å². The molecule has 4 atom stereocenters. The molecule has 0 radical (unpaired) electrons. The average molecular weight is 454 g/mol. The van der Waals surface area contributed by atoms with E-state index in [0.717, 1.165) is 11.1 Å². The third-order valence-electron chi connectivity index (χ3n) is 4.95. The number of benzene rings is 1. The molecule has 0 saturated carbocycles. The Bertz CT molecular complexity index is 926. The molecular formula is C20H23FN2O9. The number of ether oxygens (including phenoxy) is 5. The Labute approximate surface area is 182 Å². The van der Waals surface area contributed by atoms with E-state index in [-0.39, 0.29) is 22.9 Å². The number of rotatable bonds is 7. The van der Waals surface area contributed by atoms with Crippen LogP contribution in [0.4, 0.5) is 4.39 Å². The van der Waals surface area contributed by atoms with Gasteiger partial charge in [-0.3, -0.25) is 4.79 Å². The molecule has 174 valence electrons. The van der Waals surface area contributed by atoms with E-state index in [9.17, 15) is 24.2 Å². The molecule has 12 heteroatoms. The van der Waals surface area contributed by atoms with Crippen molar-refractivity contribution in [1.29, 1.82) is 0 Å². The molecule has 0 aromatic heterocycles. The first-order valence-electron chi connectivity index (χ1n) is 9.36. The Kier molecular flexibility index (Phi) is 6.87. The fraction of sp³-hybridized carbons (Fsp3) is 0.400. The molecule has 1 aromatic carbocycles. The SMILES string of the molecule is C=C1NC(=O)C(F)=CN1C1OC(COC(=O)c2c(OC)cc(OC)cc2OC)C(O)C1O. The fourth-order valence-corrected chi connectivity index (χ4v) is 3.27. The normalized spacial score (nSPS) is 25.2. The minimum absolute atomic E-state index is 0.0162. The second-order valence-corrected chi connectivity index (χ2v) is 6.84. The number of aliphatic hydroxyl groups excluding tert-OH is 2. The Balaban J connectivity index is 1.73. The predicted octanol–water partition coefficient (Wildman–Crippen LogP) is 0.0298. The number of carbonyl (C=O) groups excluding carboxylic acids is 2. The van der Waals surface area contributed by atoms with E-state index in [2.05, 4.69) is 11.9 Å². The van der Waals surface area contributed by atoms with Crippen LogP contribution < -0.4 is 19.5 Å². The lowest BCUT2D eigenvalue weighted by Gasteiger charge is -2.32. The van der Waals surface area contributed by atoms with Crippen molar-refractivity contribution in [3.8, 4) is 17.2 Å². The van der Waals surface area contributed by atoms with E-state index in [1.807, 2.05) is 0 Å². The molecule has 2 aliphatic rings. The van der Waals surface area contributed by atoms with E-state index < -0.39 is 48.9 Å². The maximum absolute atomic E-state index is 13.7. The van der Waals surface area contributed by atoms with Gasteiger partial charge in [0.05, 0.1) is 21.3 Å². The van der Waals surface area contributed by atoms with Crippen molar-refractivity contribution in [2.24, 2.45) is 0 Å². The lowest BCUT2D eigenvalue weighted by Crippen LogP contribution is -2.47. The summed E-state index contributed by atoms with van der Waals surface area (Å²) in [5.41, 5.74) is -0.0162. The van der Waals surface area contributed by atoms with E-state index in [1.165, 1.54) is 33.5 Å². The summed E-state index contributed by atoms with van der Waals surface area (Å²) in [6, 6.07) is 2.94. The summed E-state index contributed by atoms with van der Waals surface area (Å²) in [5.74, 6) is -2.35. The third-order valence-corrected chi connectivity index (χ3v) is 4.95. The lowest BCUT2D eigenvalue weighted by molar-refractivity contribution is -0.121. The van der Waals surface area contributed by atoms with Crippen molar-refractivity contribution in [3.63, 3.8) is 0 Å². The largest absolute Gasteiger partial charge is 0.496 e. The molecule has 2 heterocycles. The summed E-state index contributed by atoms with van der Waals surface area (Å²) < 4.78 is 40.0. The number of nitrogens with one attached hydrogen (secondary N) is 1. The van der Waals surface area contributed by atoms with Crippen LogP contribution in [0.25, 0.3) is 0 Å². The number of hydrogen-bond donors (Lipinski definition) is 3. The molecule has 3 rings (SSSR count). The monoisotopic (exact) mass is 454 g/mol. The first-order chi connectivity index (χ1) is 15.2. The van der Waals surface area contributed by atoms with Gasteiger partial charge in [0.15, 0.2) is 6.23 Å². The van der Waals surface area contributed by atoms with Gasteiger partial charge in [-0.2, -0.15) is 4.39 Å². The third kappa shape index (κ3) is 4.33. The number of nitrogens with zero attached hydrogens (tertiary/aromatic N) is 1. The van der Waals surface area contributed by atoms with Crippen LogP contribution in [-0.4, -0.2) is 79.5 Å². The van der Waals surface area contributed by atoms with Crippen molar-refractivity contribution in [3.05, 3.63) is 42.1 Å². The van der Waals surface area contributed by atoms with Gasteiger partial charge in [0.1, 0.15) is 53.6 Å². The smallest absolute Gasteiger partial charge is 0.345 e. The number of halogens is 1. The summed E-state index contributed by atoms with van der Waals surface area (Å²) >= 11 is 0. The van der Waals surface area contributed by atoms with Crippen LogP contribution in [0.5, 0.6) is 17.2 Å². The summed E-state index contributed by atoms with van der Waals surface area (Å²) in [7, 11) is 4.15. The number of methoxy groups -OCH3 is 3. The number of aliphatic hydroxyl groups is 2. The summed E-state index contributed by atoms with van der Waals surface area (Å²) in [4.78, 5) is 25.1. The Morgan fingerprint density at radius 3 is 2.38 bits per heavy atom. The van der Waals surface area contributed by atoms with Crippen LogP contribution in [0, 0.1) is 0 Å². The summed E-state index contributed by atoms with van der Waals surface area (Å²) in [6.45, 7) is 3.11. The van der Waals surface area contributed by atoms with Gasteiger partial charge >= 0.3 is 5.97 Å². The molecule has 32 heavy (non-hydrogen) atoms. The van der Waals surface area contributed by atoms with Gasteiger partial charge in [-0.1, -0.05) is 6.58 Å². The average Bonchev–Trinajstić information content (AvgIpc) is 3.07. The zero-order valence-electron chi connectivity index (χ0n) is 17.5. The van der Waals surface area contributed by atoms with Crippen LogP contribution in [0.15, 0.2) is 36.6 Å². The van der Waals surface area contributed by atoms with Gasteiger partial charge in [0.2, 0.25) is 5.83 Å². The van der Waals surface area contributed by atoms with Crippen molar-refractivity contribution in [1.82, 2.24) is 10.2 Å². The lowest BCUT2D eigenvalue weighted by atomic mass is 10.1. The van der Waals surface area contributed by atoms with E-state index in [0.29, 0.717) is 5.75 Å². The highest BCUT2D eigenvalue weighted by atomic mass is 19.1. The van der Waals surface area contributed by atoms with Gasteiger partial charge in [0.25, 0.3) is 5.91 Å². The van der Waals surface area contributed by atoms with Gasteiger partial charge < -0.3 is 44.1 Å².